The van der Waals surface area contributed by atoms with Crippen LogP contribution in [0.5, 0.6) is 0 Å². The second kappa shape index (κ2) is 10.2. The van der Waals surface area contributed by atoms with E-state index in [-0.39, 0.29) is 23.6 Å². The summed E-state index contributed by atoms with van der Waals surface area (Å²) in [6, 6.07) is 7.37. The zero-order valence-corrected chi connectivity index (χ0v) is 19.5. The number of hydrogen-bond donors (Lipinski definition) is 3. The molecule has 6 nitrogen and oxygen atoms in total. The van der Waals surface area contributed by atoms with E-state index in [1.54, 1.807) is 18.2 Å². The summed E-state index contributed by atoms with van der Waals surface area (Å²) >= 11 is 0. The molecule has 184 valence electrons. The Hall–Kier alpha value is -2.81. The van der Waals surface area contributed by atoms with Gasteiger partial charge in [-0.1, -0.05) is 18.7 Å². The summed E-state index contributed by atoms with van der Waals surface area (Å²) in [5.41, 5.74) is -0.332. The van der Waals surface area contributed by atoms with Crippen LogP contribution in [0.1, 0.15) is 37.8 Å². The van der Waals surface area contributed by atoms with Gasteiger partial charge in [0.15, 0.2) is 0 Å². The highest BCUT2D eigenvalue weighted by atomic mass is 19.4. The molecule has 0 atom stereocenters. The van der Waals surface area contributed by atoms with E-state index >= 15 is 0 Å². The number of nitrogens with one attached hydrogen (secondary N) is 3. The van der Waals surface area contributed by atoms with Crippen molar-refractivity contribution in [1.82, 2.24) is 15.2 Å². The summed E-state index contributed by atoms with van der Waals surface area (Å²) < 4.78 is 40.7. The predicted octanol–water partition coefficient (Wildman–Crippen LogP) is 4.64. The maximum atomic E-state index is 13.6. The number of benzene rings is 1. The average Bonchev–Trinajstić information content (AvgIpc) is 3.65. The normalized spacial score (nSPS) is 17.5. The third-order valence-electron chi connectivity index (χ3n) is 6.49. The number of fused-ring (bicyclic) bond motifs is 1. The topological polar surface area (TPSA) is 69.3 Å². The van der Waals surface area contributed by atoms with Gasteiger partial charge >= 0.3 is 6.18 Å². The van der Waals surface area contributed by atoms with E-state index in [1.807, 2.05) is 6.07 Å². The smallest absolute Gasteiger partial charge is 0.382 e. The molecule has 3 N–H and O–H groups in total. The van der Waals surface area contributed by atoms with Gasteiger partial charge in [-0.2, -0.15) is 13.2 Å². The number of piperidine rings is 1. The molecule has 9 heteroatoms. The number of halogens is 3. The Kier molecular flexibility index (Phi) is 7.30. The Morgan fingerprint density at radius 1 is 1.15 bits per heavy atom. The van der Waals surface area contributed by atoms with Gasteiger partial charge in [0.2, 0.25) is 5.91 Å². The maximum absolute atomic E-state index is 13.6. The number of carbonyl (C=O) groups excluding carboxylic acids is 1. The van der Waals surface area contributed by atoms with E-state index < -0.39 is 11.7 Å². The van der Waals surface area contributed by atoms with Crippen molar-refractivity contribution < 1.29 is 18.0 Å². The lowest BCUT2D eigenvalue weighted by Crippen LogP contribution is -2.36. The molecule has 4 rings (SSSR count). The van der Waals surface area contributed by atoms with Crippen molar-refractivity contribution in [2.75, 3.05) is 43.9 Å². The van der Waals surface area contributed by atoms with Crippen LogP contribution in [0.25, 0.3) is 16.3 Å². The van der Waals surface area contributed by atoms with Crippen molar-refractivity contribution in [3.8, 4) is 0 Å². The monoisotopic (exact) mass is 475 g/mol. The minimum Gasteiger partial charge on any atom is -0.382 e. The molecule has 1 saturated heterocycles. The first-order chi connectivity index (χ1) is 16.2. The lowest BCUT2D eigenvalue weighted by Gasteiger charge is -2.30. The lowest BCUT2D eigenvalue weighted by atomic mass is 10.0. The van der Waals surface area contributed by atoms with Gasteiger partial charge < -0.3 is 20.9 Å². The van der Waals surface area contributed by atoms with Gasteiger partial charge in [-0.15, -0.1) is 0 Å². The standard InChI is InChI=1S/C25H32F3N5O/c1-16(25(26,27)28)23-19-5-3-6-21(31-18-9-13-33(2)14-10-18)20(19)15-22(32-23)29-11-4-12-30-24(34)17-7-8-17/h3,5-6,15,17-18,31H,1,4,7-14H2,2H3,(H,29,32)(H,30,34). The van der Waals surface area contributed by atoms with Crippen LogP contribution in [0.2, 0.25) is 0 Å². The summed E-state index contributed by atoms with van der Waals surface area (Å²) in [5.74, 6) is 0.595. The molecular formula is C25H32F3N5O. The highest BCUT2D eigenvalue weighted by Crippen LogP contribution is 2.38. The number of alkyl halides is 3. The molecule has 1 aliphatic carbocycles. The Morgan fingerprint density at radius 3 is 2.56 bits per heavy atom. The number of amides is 1. The molecule has 1 aromatic carbocycles. The van der Waals surface area contributed by atoms with E-state index in [1.165, 1.54) is 0 Å². The fourth-order valence-corrected chi connectivity index (χ4v) is 4.24. The lowest BCUT2D eigenvalue weighted by molar-refractivity contribution is -0.122. The van der Waals surface area contributed by atoms with Gasteiger partial charge in [0.05, 0.1) is 11.3 Å². The first-order valence-corrected chi connectivity index (χ1v) is 11.9. The Balaban J connectivity index is 1.54. The van der Waals surface area contributed by atoms with E-state index in [2.05, 4.69) is 39.5 Å². The molecule has 1 saturated carbocycles. The first-order valence-electron chi connectivity index (χ1n) is 11.9. The zero-order chi connectivity index (χ0) is 24.3. The molecule has 34 heavy (non-hydrogen) atoms. The van der Waals surface area contributed by atoms with E-state index in [9.17, 15) is 18.0 Å². The Labute approximate surface area is 198 Å². The molecule has 0 radical (unpaired) electrons. The maximum Gasteiger partial charge on any atom is 0.417 e. The number of allylic oxidation sites excluding steroid dienone is 1. The fraction of sp³-hybridized carbons (Fsp3) is 0.520. The molecule has 0 unspecified atom stereocenters. The minimum absolute atomic E-state index is 0.0808. The van der Waals surface area contributed by atoms with Crippen molar-refractivity contribution >= 4 is 33.8 Å². The van der Waals surface area contributed by atoms with Gasteiger partial charge in [0.25, 0.3) is 0 Å². The third-order valence-corrected chi connectivity index (χ3v) is 6.49. The van der Waals surface area contributed by atoms with Crippen molar-refractivity contribution in [1.29, 1.82) is 0 Å². The van der Waals surface area contributed by atoms with Crippen LogP contribution in [-0.4, -0.2) is 61.2 Å². The minimum atomic E-state index is -4.58. The predicted molar refractivity (Wildman–Crippen MR) is 130 cm³/mol. The number of aromatic nitrogens is 1. The van der Waals surface area contributed by atoms with Crippen LogP contribution < -0.4 is 16.0 Å². The number of likely N-dealkylation sites (tertiary alicyclic amines) is 1. The summed E-state index contributed by atoms with van der Waals surface area (Å²) in [6.07, 6.45) is -0.0996. The molecule has 2 heterocycles. The van der Waals surface area contributed by atoms with Gasteiger partial charge in [-0.05, 0) is 64.4 Å². The molecule has 0 bridgehead atoms. The number of hydrogen-bond acceptors (Lipinski definition) is 5. The molecule has 1 amide bonds. The highest BCUT2D eigenvalue weighted by Gasteiger charge is 2.35. The van der Waals surface area contributed by atoms with Gasteiger partial charge in [0, 0.05) is 41.5 Å². The van der Waals surface area contributed by atoms with E-state index in [4.69, 9.17) is 0 Å². The number of rotatable bonds is 9. The van der Waals surface area contributed by atoms with Crippen LogP contribution >= 0.6 is 0 Å². The molecule has 2 aromatic rings. The quantitative estimate of drug-likeness (QED) is 0.461. The van der Waals surface area contributed by atoms with Crippen LogP contribution in [0.15, 0.2) is 30.8 Å². The molecule has 1 aliphatic heterocycles. The van der Waals surface area contributed by atoms with Gasteiger partial charge in [0.1, 0.15) is 5.82 Å². The van der Waals surface area contributed by atoms with E-state index in [0.717, 1.165) is 44.5 Å². The number of carbonyl (C=O) groups is 1. The van der Waals surface area contributed by atoms with Crippen LogP contribution in [0, 0.1) is 5.92 Å². The van der Waals surface area contributed by atoms with E-state index in [0.29, 0.717) is 36.1 Å². The van der Waals surface area contributed by atoms with Crippen molar-refractivity contribution in [3.63, 3.8) is 0 Å². The summed E-state index contributed by atoms with van der Waals surface area (Å²) in [4.78, 5) is 18.3. The largest absolute Gasteiger partial charge is 0.417 e. The van der Waals surface area contributed by atoms with Crippen molar-refractivity contribution in [2.45, 2.75) is 44.3 Å². The Bertz CT molecular complexity index is 1040. The molecular weight excluding hydrogens is 443 g/mol. The molecule has 2 fully saturated rings. The number of anilines is 2. The average molecular weight is 476 g/mol. The summed E-state index contributed by atoms with van der Waals surface area (Å²) in [6.45, 7) is 6.25. The number of nitrogens with zero attached hydrogens (tertiary/aromatic N) is 2. The zero-order valence-electron chi connectivity index (χ0n) is 19.5. The first kappa shape index (κ1) is 24.3. The van der Waals surface area contributed by atoms with Crippen LogP contribution in [-0.2, 0) is 4.79 Å². The number of pyridine rings is 1. The SMILES string of the molecule is C=C(c1nc(NCCCNC(=O)C2CC2)cc2c(NC3CCN(C)CC3)cccc12)C(F)(F)F. The highest BCUT2D eigenvalue weighted by molar-refractivity contribution is 6.01. The second-order valence-corrected chi connectivity index (χ2v) is 9.30. The van der Waals surface area contributed by atoms with Crippen LogP contribution in [0.3, 0.4) is 0 Å². The van der Waals surface area contributed by atoms with Crippen molar-refractivity contribution in [3.05, 3.63) is 36.5 Å². The van der Waals surface area contributed by atoms with Gasteiger partial charge in [-0.25, -0.2) is 4.98 Å². The second-order valence-electron chi connectivity index (χ2n) is 9.30. The third kappa shape index (κ3) is 6.00. The van der Waals surface area contributed by atoms with Gasteiger partial charge in [-0.3, -0.25) is 4.79 Å². The molecule has 0 spiro atoms. The molecule has 1 aromatic heterocycles. The van der Waals surface area contributed by atoms with Crippen molar-refractivity contribution in [2.24, 2.45) is 5.92 Å². The summed E-state index contributed by atoms with van der Waals surface area (Å²) in [5, 5.41) is 10.7. The Morgan fingerprint density at radius 2 is 1.88 bits per heavy atom. The fourth-order valence-electron chi connectivity index (χ4n) is 4.24. The summed E-state index contributed by atoms with van der Waals surface area (Å²) in [7, 11) is 2.09. The van der Waals surface area contributed by atoms with Crippen LogP contribution in [0.4, 0.5) is 24.7 Å². The molecule has 2 aliphatic rings.